The first-order valence-corrected chi connectivity index (χ1v) is 10.9. The molecule has 1 aromatic heterocycles. The number of allylic oxidation sites excluding steroid dienone is 3. The Bertz CT molecular complexity index is 968. The summed E-state index contributed by atoms with van der Waals surface area (Å²) in [7, 11) is 1.58. The molecule has 7 nitrogen and oxygen atoms in total. The van der Waals surface area contributed by atoms with E-state index in [1.165, 1.54) is 5.57 Å². The van der Waals surface area contributed by atoms with Gasteiger partial charge in [0.25, 0.3) is 5.91 Å². The highest BCUT2D eigenvalue weighted by molar-refractivity contribution is 5.98. The molecule has 7 heteroatoms. The average molecular weight is 410 g/mol. The average Bonchev–Trinajstić information content (AvgIpc) is 3.29. The molecule has 0 spiro atoms. The molecule has 2 aliphatic carbocycles. The second-order valence-electron chi connectivity index (χ2n) is 8.97. The first-order valence-electron chi connectivity index (χ1n) is 10.9. The van der Waals surface area contributed by atoms with E-state index in [4.69, 9.17) is 5.10 Å². The molecule has 30 heavy (non-hydrogen) atoms. The Morgan fingerprint density at radius 2 is 2.10 bits per heavy atom. The molecule has 1 aromatic rings. The molecule has 0 radical (unpaired) electrons. The van der Waals surface area contributed by atoms with Crippen LogP contribution >= 0.6 is 0 Å². The number of fused-ring (bicyclic) bond motifs is 3. The summed E-state index contributed by atoms with van der Waals surface area (Å²) in [5, 5.41) is 10.3. The van der Waals surface area contributed by atoms with Gasteiger partial charge in [-0.1, -0.05) is 26.3 Å². The summed E-state index contributed by atoms with van der Waals surface area (Å²) in [6, 6.07) is -0.592. The number of carbonyl (C=O) groups is 2. The molecule has 1 saturated carbocycles. The second-order valence-corrected chi connectivity index (χ2v) is 8.97. The van der Waals surface area contributed by atoms with E-state index in [2.05, 4.69) is 35.5 Å². The summed E-state index contributed by atoms with van der Waals surface area (Å²) in [5.74, 6) is 1.65. The Morgan fingerprint density at radius 3 is 2.77 bits per heavy atom. The van der Waals surface area contributed by atoms with Gasteiger partial charge < -0.3 is 10.6 Å². The predicted molar refractivity (Wildman–Crippen MR) is 117 cm³/mol. The van der Waals surface area contributed by atoms with Crippen LogP contribution in [0.3, 0.4) is 0 Å². The Morgan fingerprint density at radius 1 is 1.33 bits per heavy atom. The van der Waals surface area contributed by atoms with Crippen molar-refractivity contribution < 1.29 is 9.59 Å². The van der Waals surface area contributed by atoms with Crippen LogP contribution in [-0.2, 0) is 11.2 Å². The number of hydrogen-bond acceptors (Lipinski definition) is 4. The van der Waals surface area contributed by atoms with E-state index >= 15 is 0 Å². The summed E-state index contributed by atoms with van der Waals surface area (Å²) in [5.41, 5.74) is 3.85. The Hall–Kier alpha value is -2.70. The van der Waals surface area contributed by atoms with Crippen molar-refractivity contribution in [3.8, 4) is 0 Å². The fraction of sp³-hybridized carbons (Fsp3) is 0.565. The third kappa shape index (κ3) is 3.50. The van der Waals surface area contributed by atoms with Crippen molar-refractivity contribution in [2.75, 3.05) is 7.05 Å². The van der Waals surface area contributed by atoms with E-state index in [1.807, 2.05) is 30.8 Å². The van der Waals surface area contributed by atoms with E-state index in [-0.39, 0.29) is 17.7 Å². The van der Waals surface area contributed by atoms with Gasteiger partial charge in [-0.15, -0.1) is 0 Å². The van der Waals surface area contributed by atoms with Gasteiger partial charge >= 0.3 is 0 Å². The molecule has 2 heterocycles. The van der Waals surface area contributed by atoms with Gasteiger partial charge in [0.05, 0.1) is 5.69 Å². The van der Waals surface area contributed by atoms with Crippen LogP contribution in [0.15, 0.2) is 22.7 Å². The molecule has 4 atom stereocenters. The van der Waals surface area contributed by atoms with E-state index in [9.17, 15) is 9.59 Å². The highest BCUT2D eigenvalue weighted by Gasteiger charge is 2.50. The van der Waals surface area contributed by atoms with Crippen LogP contribution in [0.1, 0.15) is 68.2 Å². The van der Waals surface area contributed by atoms with Crippen molar-refractivity contribution in [2.45, 2.75) is 58.9 Å². The molecule has 0 aromatic carbocycles. The van der Waals surface area contributed by atoms with Crippen LogP contribution in [0.25, 0.3) is 5.82 Å². The zero-order valence-corrected chi connectivity index (χ0v) is 18.4. The molecule has 0 bridgehead atoms. The zero-order chi connectivity index (χ0) is 21.6. The number of aliphatic imine (C=N–C) groups is 1. The van der Waals surface area contributed by atoms with E-state index < -0.39 is 6.04 Å². The third-order valence-corrected chi connectivity index (χ3v) is 6.60. The van der Waals surface area contributed by atoms with E-state index in [0.29, 0.717) is 23.4 Å². The topological polar surface area (TPSA) is 88.4 Å². The Balaban J connectivity index is 1.70. The molecule has 1 aliphatic heterocycles. The van der Waals surface area contributed by atoms with Gasteiger partial charge in [0.2, 0.25) is 5.91 Å². The summed E-state index contributed by atoms with van der Waals surface area (Å²) in [6.45, 7) is 8.12. The Labute approximate surface area is 177 Å². The fourth-order valence-electron chi connectivity index (χ4n) is 4.65. The van der Waals surface area contributed by atoms with Gasteiger partial charge in [-0.05, 0) is 50.2 Å². The third-order valence-electron chi connectivity index (χ3n) is 6.60. The Kier molecular flexibility index (Phi) is 5.38. The maximum Gasteiger partial charge on any atom is 0.272 e. The number of likely N-dealkylation sites (N-methyl/N-ethyl adjacent to an activating group) is 1. The predicted octanol–water partition coefficient (Wildman–Crippen LogP) is 2.90. The van der Waals surface area contributed by atoms with Crippen molar-refractivity contribution in [3.05, 3.63) is 34.7 Å². The quantitative estimate of drug-likeness (QED) is 0.757. The van der Waals surface area contributed by atoms with Crippen LogP contribution in [0, 0.1) is 17.8 Å². The van der Waals surface area contributed by atoms with E-state index in [1.54, 1.807) is 7.05 Å². The minimum Gasteiger partial charge on any atom is -0.357 e. The van der Waals surface area contributed by atoms with E-state index in [0.717, 1.165) is 36.3 Å². The van der Waals surface area contributed by atoms with Crippen molar-refractivity contribution >= 4 is 23.8 Å². The van der Waals surface area contributed by atoms with Gasteiger partial charge in [-0.3, -0.25) is 9.59 Å². The van der Waals surface area contributed by atoms with Crippen molar-refractivity contribution in [3.63, 3.8) is 0 Å². The molecular weight excluding hydrogens is 378 g/mol. The largest absolute Gasteiger partial charge is 0.357 e. The molecule has 2 amide bonds. The van der Waals surface area contributed by atoms with Gasteiger partial charge in [0, 0.05) is 30.7 Å². The smallest absolute Gasteiger partial charge is 0.272 e. The van der Waals surface area contributed by atoms with Crippen molar-refractivity contribution in [2.24, 2.45) is 22.7 Å². The van der Waals surface area contributed by atoms with Crippen LogP contribution in [0.2, 0.25) is 0 Å². The summed E-state index contributed by atoms with van der Waals surface area (Å²) in [4.78, 5) is 30.0. The van der Waals surface area contributed by atoms with Crippen molar-refractivity contribution in [1.82, 2.24) is 20.4 Å². The molecular formula is C23H31N5O2. The molecule has 1 fully saturated rings. The minimum absolute atomic E-state index is 0.0223. The van der Waals surface area contributed by atoms with Gasteiger partial charge in [0.1, 0.15) is 11.9 Å². The van der Waals surface area contributed by atoms with Crippen LogP contribution in [-0.4, -0.2) is 40.9 Å². The molecule has 3 aliphatic rings. The van der Waals surface area contributed by atoms with Crippen molar-refractivity contribution in [1.29, 1.82) is 0 Å². The normalized spacial score (nSPS) is 25.1. The number of rotatable bonds is 6. The number of carbonyl (C=O) groups excluding carboxylic acids is 2. The van der Waals surface area contributed by atoms with Crippen LogP contribution in [0.4, 0.5) is 0 Å². The second kappa shape index (κ2) is 7.85. The number of nitrogens with zero attached hydrogens (tertiary/aromatic N) is 3. The summed E-state index contributed by atoms with van der Waals surface area (Å²) >= 11 is 0. The molecule has 0 saturated heterocycles. The van der Waals surface area contributed by atoms with Gasteiger partial charge in [-0.25, -0.2) is 9.67 Å². The number of aromatic nitrogens is 2. The van der Waals surface area contributed by atoms with Gasteiger partial charge in [0.15, 0.2) is 5.69 Å². The highest BCUT2D eigenvalue weighted by atomic mass is 16.2. The number of nitrogens with one attached hydrogen (secondary N) is 2. The number of amides is 2. The lowest BCUT2D eigenvalue weighted by atomic mass is 9.97. The number of hydrogen-bond donors (Lipinski definition) is 2. The summed E-state index contributed by atoms with van der Waals surface area (Å²) in [6.07, 6.45) is 9.04. The maximum atomic E-state index is 13.2. The standard InChI is InChI=1S/C23H31N5O2/c1-6-14-11-18(25-8-7-13(14)4)28-21-16-9-15(16)10-17(21)20(27-28)23(30)26-19(12(2)3)22(29)24-5/h7-8,11-12,14-16,19H,6,9-10H2,1-5H3,(H,24,29)(H,26,30). The summed E-state index contributed by atoms with van der Waals surface area (Å²) < 4.78 is 1.89. The fourth-order valence-corrected chi connectivity index (χ4v) is 4.65. The molecule has 4 unspecified atom stereocenters. The van der Waals surface area contributed by atoms with Crippen LogP contribution in [0.5, 0.6) is 0 Å². The minimum atomic E-state index is -0.592. The lowest BCUT2D eigenvalue weighted by molar-refractivity contribution is -0.123. The first-order chi connectivity index (χ1) is 14.3. The zero-order valence-electron chi connectivity index (χ0n) is 18.4. The lowest BCUT2D eigenvalue weighted by Gasteiger charge is -2.20. The molecule has 4 rings (SSSR count). The monoisotopic (exact) mass is 409 g/mol. The SMILES string of the molecule is CCC1C=C(n2nc(C(=O)NC(C(=O)NC)C(C)C)c3c2C2CC2C3)N=CC=C1C. The highest BCUT2D eigenvalue weighted by Crippen LogP contribution is 2.57. The van der Waals surface area contributed by atoms with Gasteiger partial charge in [-0.2, -0.15) is 5.10 Å². The maximum absolute atomic E-state index is 13.2. The first kappa shape index (κ1) is 20.6. The lowest BCUT2D eigenvalue weighted by Crippen LogP contribution is -2.49. The molecule has 160 valence electrons. The van der Waals surface area contributed by atoms with Crippen LogP contribution < -0.4 is 10.6 Å². The molecule has 2 N–H and O–H groups in total.